The van der Waals surface area contributed by atoms with Gasteiger partial charge >= 0.3 is 5.97 Å². The Kier molecular flexibility index (Phi) is 5.33. The Hall–Kier alpha value is -1.88. The van der Waals surface area contributed by atoms with Crippen LogP contribution in [-0.2, 0) is 16.1 Å². The van der Waals surface area contributed by atoms with Gasteiger partial charge in [-0.1, -0.05) is 29.8 Å². The lowest BCUT2D eigenvalue weighted by Crippen LogP contribution is -2.42. The predicted molar refractivity (Wildman–Crippen MR) is 79.8 cm³/mol. The summed E-state index contributed by atoms with van der Waals surface area (Å²) < 4.78 is 0. The van der Waals surface area contributed by atoms with Gasteiger partial charge in [0.2, 0.25) is 5.91 Å². The van der Waals surface area contributed by atoms with Crippen molar-refractivity contribution in [3.8, 4) is 0 Å². The minimum absolute atomic E-state index is 0.00900. The van der Waals surface area contributed by atoms with E-state index in [0.29, 0.717) is 39.0 Å². The molecule has 1 fully saturated rings. The van der Waals surface area contributed by atoms with Crippen LogP contribution < -0.4 is 5.32 Å². The smallest absolute Gasteiger partial charge is 0.306 e. The minimum atomic E-state index is -0.724. The van der Waals surface area contributed by atoms with E-state index in [1.54, 1.807) is 0 Å². The second kappa shape index (κ2) is 7.22. The Balaban J connectivity index is 1.72. The maximum Gasteiger partial charge on any atom is 0.306 e. The number of nitrogens with one attached hydrogen (secondary N) is 1. The molecule has 21 heavy (non-hydrogen) atoms. The number of rotatable bonds is 5. The lowest BCUT2D eigenvalue weighted by molar-refractivity contribution is -0.143. The quantitative estimate of drug-likeness (QED) is 0.860. The van der Waals surface area contributed by atoms with Gasteiger partial charge in [-0.25, -0.2) is 0 Å². The summed E-state index contributed by atoms with van der Waals surface area (Å²) >= 11 is 0. The Morgan fingerprint density at radius 1 is 1.33 bits per heavy atom. The molecule has 5 heteroatoms. The van der Waals surface area contributed by atoms with Crippen LogP contribution in [0.1, 0.15) is 24.0 Å². The number of aliphatic carboxylic acids is 1. The molecule has 1 saturated heterocycles. The topological polar surface area (TPSA) is 69.6 Å². The van der Waals surface area contributed by atoms with E-state index >= 15 is 0 Å². The zero-order chi connectivity index (χ0) is 15.2. The van der Waals surface area contributed by atoms with E-state index in [0.717, 1.165) is 5.56 Å². The molecule has 0 unspecified atom stereocenters. The fraction of sp³-hybridized carbons (Fsp3) is 0.500. The number of likely N-dealkylation sites (tertiary alicyclic amines) is 1. The monoisotopic (exact) mass is 290 g/mol. The standard InChI is InChI=1S/C16H22N2O3/c1-12-3-2-4-13(9-12)10-17-15(19)11-18-7-5-14(6-8-18)16(20)21/h2-4,9,14H,5-8,10-11H2,1H3,(H,17,19)(H,20,21). The first-order valence-corrected chi connectivity index (χ1v) is 7.32. The van der Waals surface area contributed by atoms with E-state index in [1.165, 1.54) is 5.56 Å². The number of piperidine rings is 1. The van der Waals surface area contributed by atoms with Crippen molar-refractivity contribution in [3.05, 3.63) is 35.4 Å². The average Bonchev–Trinajstić information content (AvgIpc) is 2.46. The summed E-state index contributed by atoms with van der Waals surface area (Å²) in [5.74, 6) is -0.986. The summed E-state index contributed by atoms with van der Waals surface area (Å²) in [6.07, 6.45) is 1.25. The average molecular weight is 290 g/mol. The molecule has 0 saturated carbocycles. The van der Waals surface area contributed by atoms with E-state index in [1.807, 2.05) is 30.0 Å². The van der Waals surface area contributed by atoms with E-state index < -0.39 is 5.97 Å². The SMILES string of the molecule is Cc1cccc(CNC(=O)CN2CCC(C(=O)O)CC2)c1. The molecular formula is C16H22N2O3. The Morgan fingerprint density at radius 3 is 2.67 bits per heavy atom. The van der Waals surface area contributed by atoms with Crippen LogP contribution in [0.25, 0.3) is 0 Å². The van der Waals surface area contributed by atoms with Crippen molar-refractivity contribution in [2.75, 3.05) is 19.6 Å². The van der Waals surface area contributed by atoms with Crippen LogP contribution in [0.5, 0.6) is 0 Å². The predicted octanol–water partition coefficient (Wildman–Crippen LogP) is 1.41. The molecule has 1 amide bonds. The van der Waals surface area contributed by atoms with Crippen molar-refractivity contribution >= 4 is 11.9 Å². The zero-order valence-corrected chi connectivity index (χ0v) is 12.3. The van der Waals surface area contributed by atoms with E-state index in [9.17, 15) is 9.59 Å². The molecule has 1 heterocycles. The molecule has 0 aliphatic carbocycles. The number of hydrogen-bond donors (Lipinski definition) is 2. The van der Waals surface area contributed by atoms with Crippen LogP contribution in [0.15, 0.2) is 24.3 Å². The fourth-order valence-corrected chi connectivity index (χ4v) is 2.62. The zero-order valence-electron chi connectivity index (χ0n) is 12.3. The minimum Gasteiger partial charge on any atom is -0.481 e. The highest BCUT2D eigenvalue weighted by Gasteiger charge is 2.25. The molecule has 1 aliphatic heterocycles. The van der Waals surface area contributed by atoms with Gasteiger partial charge in [-0.05, 0) is 38.4 Å². The van der Waals surface area contributed by atoms with Crippen molar-refractivity contribution < 1.29 is 14.7 Å². The van der Waals surface area contributed by atoms with Gasteiger partial charge in [-0.3, -0.25) is 14.5 Å². The van der Waals surface area contributed by atoms with Crippen LogP contribution in [0.3, 0.4) is 0 Å². The largest absolute Gasteiger partial charge is 0.481 e. The van der Waals surface area contributed by atoms with Gasteiger partial charge in [0.05, 0.1) is 12.5 Å². The van der Waals surface area contributed by atoms with Crippen LogP contribution in [0.2, 0.25) is 0 Å². The van der Waals surface area contributed by atoms with Gasteiger partial charge in [0.25, 0.3) is 0 Å². The number of carboxylic acids is 1. The van der Waals surface area contributed by atoms with Gasteiger partial charge in [-0.2, -0.15) is 0 Å². The molecule has 0 spiro atoms. The van der Waals surface area contributed by atoms with E-state index in [2.05, 4.69) is 11.4 Å². The number of aryl methyl sites for hydroxylation is 1. The second-order valence-corrected chi connectivity index (χ2v) is 5.65. The summed E-state index contributed by atoms with van der Waals surface area (Å²) in [5, 5.41) is 11.9. The van der Waals surface area contributed by atoms with Crippen molar-refractivity contribution in [1.82, 2.24) is 10.2 Å². The number of benzene rings is 1. The first kappa shape index (κ1) is 15.5. The van der Waals surface area contributed by atoms with E-state index in [-0.39, 0.29) is 11.8 Å². The molecule has 0 bridgehead atoms. The molecule has 0 aromatic heterocycles. The van der Waals surface area contributed by atoms with Gasteiger partial charge in [-0.15, -0.1) is 0 Å². The molecule has 2 rings (SSSR count). The maximum absolute atomic E-state index is 11.9. The second-order valence-electron chi connectivity index (χ2n) is 5.65. The maximum atomic E-state index is 11.9. The third-order valence-corrected chi connectivity index (χ3v) is 3.88. The third-order valence-electron chi connectivity index (χ3n) is 3.88. The van der Waals surface area contributed by atoms with Gasteiger partial charge in [0.1, 0.15) is 0 Å². The highest BCUT2D eigenvalue weighted by molar-refractivity contribution is 5.78. The first-order chi connectivity index (χ1) is 10.0. The molecule has 1 aliphatic rings. The molecule has 114 valence electrons. The van der Waals surface area contributed by atoms with Crippen LogP contribution >= 0.6 is 0 Å². The fourth-order valence-electron chi connectivity index (χ4n) is 2.62. The van der Waals surface area contributed by atoms with Crippen molar-refractivity contribution in [2.45, 2.75) is 26.3 Å². The highest BCUT2D eigenvalue weighted by atomic mass is 16.4. The van der Waals surface area contributed by atoms with E-state index in [4.69, 9.17) is 5.11 Å². The summed E-state index contributed by atoms with van der Waals surface area (Å²) in [4.78, 5) is 24.8. The Labute approximate surface area is 125 Å². The molecule has 0 radical (unpaired) electrons. The lowest BCUT2D eigenvalue weighted by atomic mass is 9.97. The van der Waals surface area contributed by atoms with Crippen LogP contribution in [0, 0.1) is 12.8 Å². The van der Waals surface area contributed by atoms with Crippen LogP contribution in [-0.4, -0.2) is 41.5 Å². The highest BCUT2D eigenvalue weighted by Crippen LogP contribution is 2.16. The number of carbonyl (C=O) groups is 2. The van der Waals surface area contributed by atoms with Gasteiger partial charge in [0.15, 0.2) is 0 Å². The van der Waals surface area contributed by atoms with Gasteiger partial charge in [0, 0.05) is 6.54 Å². The summed E-state index contributed by atoms with van der Waals surface area (Å²) in [5.41, 5.74) is 2.27. The molecule has 1 aromatic carbocycles. The van der Waals surface area contributed by atoms with Crippen molar-refractivity contribution in [1.29, 1.82) is 0 Å². The number of hydrogen-bond acceptors (Lipinski definition) is 3. The summed E-state index contributed by atoms with van der Waals surface area (Å²) in [7, 11) is 0. The molecule has 5 nitrogen and oxygen atoms in total. The van der Waals surface area contributed by atoms with Crippen molar-refractivity contribution in [3.63, 3.8) is 0 Å². The van der Waals surface area contributed by atoms with Crippen molar-refractivity contribution in [2.24, 2.45) is 5.92 Å². The number of carboxylic acid groups (broad SMARTS) is 1. The first-order valence-electron chi connectivity index (χ1n) is 7.32. The Morgan fingerprint density at radius 2 is 2.05 bits per heavy atom. The van der Waals surface area contributed by atoms with Crippen LogP contribution in [0.4, 0.5) is 0 Å². The summed E-state index contributed by atoms with van der Waals surface area (Å²) in [6.45, 7) is 4.26. The molecular weight excluding hydrogens is 268 g/mol. The lowest BCUT2D eigenvalue weighted by Gasteiger charge is -2.29. The van der Waals surface area contributed by atoms with Gasteiger partial charge < -0.3 is 10.4 Å². The third kappa shape index (κ3) is 4.86. The number of amides is 1. The normalized spacial score (nSPS) is 16.6. The Bertz CT molecular complexity index is 508. The summed E-state index contributed by atoms with van der Waals surface area (Å²) in [6, 6.07) is 8.05. The number of carbonyl (C=O) groups excluding carboxylic acids is 1. The molecule has 0 atom stereocenters. The molecule has 2 N–H and O–H groups in total. The number of nitrogens with zero attached hydrogens (tertiary/aromatic N) is 1. The molecule has 1 aromatic rings.